The number of halogens is 3. The molecule has 5 nitrogen and oxygen atoms in total. The molecule has 0 saturated carbocycles. The lowest BCUT2D eigenvalue weighted by Crippen LogP contribution is -2.41. The Morgan fingerprint density at radius 2 is 1.08 bits per heavy atom. The highest BCUT2D eigenvalue weighted by molar-refractivity contribution is 14.1. The van der Waals surface area contributed by atoms with Gasteiger partial charge in [0, 0.05) is 58.4 Å². The van der Waals surface area contributed by atoms with Gasteiger partial charge in [-0.15, -0.1) is 34.0 Å². The third-order valence-electron chi connectivity index (χ3n) is 7.97. The van der Waals surface area contributed by atoms with Crippen LogP contribution in [0.2, 0.25) is 0 Å². The number of nitrogens with zero attached hydrogens (tertiary/aromatic N) is 3. The van der Waals surface area contributed by atoms with Crippen LogP contribution in [-0.4, -0.2) is 33.3 Å². The molecule has 1 aliphatic rings. The lowest BCUT2D eigenvalue weighted by molar-refractivity contribution is 0.00578. The number of hydrogen-bond acceptors (Lipinski definition) is 8. The van der Waals surface area contributed by atoms with Crippen LogP contribution in [0.3, 0.4) is 0 Å². The van der Waals surface area contributed by atoms with Gasteiger partial charge in [0.25, 0.3) is 0 Å². The molecule has 0 bridgehead atoms. The van der Waals surface area contributed by atoms with Gasteiger partial charge in [-0.05, 0) is 131 Å². The SMILES string of the molecule is Cc1cc(-c2nccs2)ccc1B1OC(C)(C)C(C)(C)O1.Cc1cc(-c2nccs2)ccc1Br.Cc1cc(I)ccc1Br.Cc1nccs1. The van der Waals surface area contributed by atoms with Crippen LogP contribution < -0.4 is 5.46 Å². The van der Waals surface area contributed by atoms with Gasteiger partial charge in [-0.2, -0.15) is 0 Å². The van der Waals surface area contributed by atoms with Gasteiger partial charge in [0.1, 0.15) is 10.0 Å². The molecule has 0 atom stereocenters. The fraction of sp³-hybridized carbons (Fsp3) is 0.270. The van der Waals surface area contributed by atoms with Gasteiger partial charge in [-0.3, -0.25) is 4.98 Å². The first-order valence-corrected chi connectivity index (χ1v) is 20.8. The van der Waals surface area contributed by atoms with E-state index in [1.807, 2.05) is 35.5 Å². The van der Waals surface area contributed by atoms with Crippen molar-refractivity contribution in [2.75, 3.05) is 0 Å². The van der Waals surface area contributed by atoms with Gasteiger partial charge in [0.05, 0.1) is 16.2 Å². The molecule has 3 aromatic heterocycles. The second-order valence-electron chi connectivity index (χ2n) is 12.2. The molecule has 12 heteroatoms. The smallest absolute Gasteiger partial charge is 0.399 e. The average molecular weight is 951 g/mol. The fourth-order valence-electron chi connectivity index (χ4n) is 4.46. The van der Waals surface area contributed by atoms with E-state index in [0.717, 1.165) is 30.5 Å². The van der Waals surface area contributed by atoms with Gasteiger partial charge in [-0.1, -0.05) is 55.6 Å². The van der Waals surface area contributed by atoms with Crippen LogP contribution in [0.5, 0.6) is 0 Å². The minimum absolute atomic E-state index is 0.305. The van der Waals surface area contributed by atoms with Crippen molar-refractivity contribution in [3.8, 4) is 21.1 Å². The van der Waals surface area contributed by atoms with E-state index in [1.54, 1.807) is 40.2 Å². The zero-order valence-corrected chi connectivity index (χ0v) is 36.5. The predicted molar refractivity (Wildman–Crippen MR) is 226 cm³/mol. The second kappa shape index (κ2) is 18.1. The van der Waals surface area contributed by atoms with Gasteiger partial charge < -0.3 is 9.31 Å². The van der Waals surface area contributed by atoms with Crippen LogP contribution in [0.15, 0.2) is 98.3 Å². The zero-order valence-electron chi connectivity index (χ0n) is 28.8. The highest BCUT2D eigenvalue weighted by Crippen LogP contribution is 2.37. The summed E-state index contributed by atoms with van der Waals surface area (Å²) in [5, 5.41) is 9.21. The maximum Gasteiger partial charge on any atom is 0.495 e. The quantitative estimate of drug-likeness (QED) is 0.131. The molecule has 1 saturated heterocycles. The highest BCUT2D eigenvalue weighted by Gasteiger charge is 2.52. The fourth-order valence-corrected chi connectivity index (χ4v) is 7.31. The van der Waals surface area contributed by atoms with Crippen molar-refractivity contribution in [1.29, 1.82) is 0 Å². The molecule has 6 aromatic rings. The van der Waals surface area contributed by atoms with Gasteiger partial charge in [0.15, 0.2) is 0 Å². The van der Waals surface area contributed by atoms with Gasteiger partial charge in [-0.25, -0.2) is 9.97 Å². The summed E-state index contributed by atoms with van der Waals surface area (Å²) in [6, 6.07) is 18.9. The second-order valence-corrected chi connectivity index (χ2v) is 18.1. The Hall–Kier alpha value is -1.78. The Kier molecular flexibility index (Phi) is 14.8. The van der Waals surface area contributed by atoms with Crippen molar-refractivity contribution in [3.05, 3.63) is 124 Å². The Labute approximate surface area is 333 Å². The first kappa shape index (κ1) is 40.0. The minimum atomic E-state index is -0.307. The number of rotatable bonds is 3. The molecule has 4 heterocycles. The van der Waals surface area contributed by atoms with E-state index in [2.05, 4.69) is 172 Å². The predicted octanol–water partition coefficient (Wildman–Crippen LogP) is 12.1. The van der Waals surface area contributed by atoms with Crippen LogP contribution in [0.25, 0.3) is 21.1 Å². The molecule has 3 aromatic carbocycles. The zero-order chi connectivity index (χ0) is 35.8. The summed E-state index contributed by atoms with van der Waals surface area (Å²) in [5.41, 5.74) is 6.51. The Morgan fingerprint density at radius 3 is 1.47 bits per heavy atom. The number of aromatic nitrogens is 3. The number of benzene rings is 3. The normalized spacial score (nSPS) is 14.1. The summed E-state index contributed by atoms with van der Waals surface area (Å²) in [6.45, 7) is 16.6. The highest BCUT2D eigenvalue weighted by atomic mass is 127. The summed E-state index contributed by atoms with van der Waals surface area (Å²) in [6.07, 6.45) is 5.47. The maximum atomic E-state index is 6.13. The molecular formula is C37H39BBr2IN3O2S3. The summed E-state index contributed by atoms with van der Waals surface area (Å²) in [7, 11) is -0.305. The molecule has 256 valence electrons. The Bertz CT molecular complexity index is 1900. The molecule has 7 rings (SSSR count). The van der Waals surface area contributed by atoms with E-state index in [4.69, 9.17) is 9.31 Å². The molecule has 0 amide bonds. The van der Waals surface area contributed by atoms with Crippen LogP contribution in [0, 0.1) is 31.3 Å². The lowest BCUT2D eigenvalue weighted by Gasteiger charge is -2.32. The van der Waals surface area contributed by atoms with E-state index < -0.39 is 0 Å². The van der Waals surface area contributed by atoms with E-state index in [1.165, 1.54) is 30.3 Å². The number of hydrogen-bond donors (Lipinski definition) is 0. The molecule has 0 N–H and O–H groups in total. The van der Waals surface area contributed by atoms with Crippen molar-refractivity contribution in [3.63, 3.8) is 0 Å². The Balaban J connectivity index is 0.000000164. The minimum Gasteiger partial charge on any atom is -0.399 e. The molecule has 0 unspecified atom stereocenters. The number of thiazole rings is 3. The van der Waals surface area contributed by atoms with E-state index in [0.29, 0.717) is 0 Å². The summed E-state index contributed by atoms with van der Waals surface area (Å²) in [5.74, 6) is 0. The molecular weight excluding hydrogens is 912 g/mol. The first-order chi connectivity index (χ1) is 23.2. The van der Waals surface area contributed by atoms with Crippen LogP contribution >= 0.6 is 88.5 Å². The topological polar surface area (TPSA) is 57.1 Å². The van der Waals surface area contributed by atoms with Crippen molar-refractivity contribution >= 4 is 101 Å². The standard InChI is InChI=1S/C16H20BNO2S.C10H8BrNS.C7H6BrI.C4H5NS/c1-11-10-12(14-18-8-9-21-14)6-7-13(11)17-19-15(2,3)16(4,5)20-17;1-7-6-8(2-3-9(7)11)10-12-4-5-13-10;1-5-4-6(9)2-3-7(5)8;1-4-5-2-3-6-4/h6-10H,1-5H3;2-6H,1H3;2-4H,1H3;2-3H,1H3. The van der Waals surface area contributed by atoms with Crippen molar-refractivity contribution in [2.24, 2.45) is 0 Å². The Morgan fingerprint density at radius 1 is 0.612 bits per heavy atom. The first-order valence-electron chi connectivity index (χ1n) is 15.5. The molecule has 0 spiro atoms. The average Bonchev–Trinajstić information content (AvgIpc) is 3.87. The van der Waals surface area contributed by atoms with E-state index in [-0.39, 0.29) is 18.3 Å². The molecule has 0 radical (unpaired) electrons. The summed E-state index contributed by atoms with van der Waals surface area (Å²) >= 11 is 14.2. The van der Waals surface area contributed by atoms with Crippen LogP contribution in [0.1, 0.15) is 49.4 Å². The van der Waals surface area contributed by atoms with Crippen LogP contribution in [-0.2, 0) is 9.31 Å². The third-order valence-corrected chi connectivity index (χ3v) is 12.8. The van der Waals surface area contributed by atoms with Crippen molar-refractivity contribution < 1.29 is 9.31 Å². The van der Waals surface area contributed by atoms with Crippen molar-refractivity contribution in [2.45, 2.75) is 66.6 Å². The maximum absolute atomic E-state index is 6.13. The molecule has 0 aliphatic carbocycles. The van der Waals surface area contributed by atoms with E-state index >= 15 is 0 Å². The lowest BCUT2D eigenvalue weighted by atomic mass is 9.76. The molecule has 1 fully saturated rings. The van der Waals surface area contributed by atoms with Crippen LogP contribution in [0.4, 0.5) is 0 Å². The molecule has 49 heavy (non-hydrogen) atoms. The van der Waals surface area contributed by atoms with Crippen molar-refractivity contribution in [1.82, 2.24) is 15.0 Å². The third kappa shape index (κ3) is 11.4. The molecule has 1 aliphatic heterocycles. The largest absolute Gasteiger partial charge is 0.495 e. The number of aryl methyl sites for hydroxylation is 4. The van der Waals surface area contributed by atoms with Gasteiger partial charge in [0.2, 0.25) is 0 Å². The van der Waals surface area contributed by atoms with Gasteiger partial charge >= 0.3 is 7.12 Å². The van der Waals surface area contributed by atoms with E-state index in [9.17, 15) is 0 Å². The monoisotopic (exact) mass is 949 g/mol. The summed E-state index contributed by atoms with van der Waals surface area (Å²) < 4.78 is 15.9. The summed E-state index contributed by atoms with van der Waals surface area (Å²) in [4.78, 5) is 12.6.